The average Bonchev–Trinajstić information content (AvgIpc) is 3.02. The summed E-state index contributed by atoms with van der Waals surface area (Å²) in [6.07, 6.45) is 0.509. The molecule has 0 unspecified atom stereocenters. The molecule has 160 valence electrons. The van der Waals surface area contributed by atoms with Crippen LogP contribution in [-0.4, -0.2) is 5.91 Å². The number of hydrogen-bond donors (Lipinski definition) is 1. The summed E-state index contributed by atoms with van der Waals surface area (Å²) in [6.45, 7) is 8.15. The van der Waals surface area contributed by atoms with Gasteiger partial charge in [0.05, 0.1) is 0 Å². The third-order valence-electron chi connectivity index (χ3n) is 5.92. The van der Waals surface area contributed by atoms with Gasteiger partial charge in [-0.1, -0.05) is 23.7 Å². The van der Waals surface area contributed by atoms with Gasteiger partial charge in [0.2, 0.25) is 5.91 Å². The molecule has 0 aliphatic heterocycles. The van der Waals surface area contributed by atoms with Crippen LogP contribution < -0.4 is 10.9 Å². The molecule has 2 aromatic carbocycles. The fourth-order valence-corrected chi connectivity index (χ4v) is 4.17. The van der Waals surface area contributed by atoms with E-state index in [1.807, 2.05) is 52.0 Å². The van der Waals surface area contributed by atoms with Crippen LogP contribution in [0.3, 0.4) is 0 Å². The highest BCUT2D eigenvalue weighted by Crippen LogP contribution is 2.34. The van der Waals surface area contributed by atoms with Crippen molar-refractivity contribution in [3.63, 3.8) is 0 Å². The Bertz CT molecular complexity index is 1380. The molecule has 4 rings (SSSR count). The van der Waals surface area contributed by atoms with E-state index in [1.165, 1.54) is 0 Å². The fraction of sp³-hybridized carbons (Fsp3) is 0.280. The molecule has 0 radical (unpaired) electrons. The predicted molar refractivity (Wildman–Crippen MR) is 123 cm³/mol. The lowest BCUT2D eigenvalue weighted by Gasteiger charge is -2.10. The maximum atomic E-state index is 12.7. The first-order valence-electron chi connectivity index (χ1n) is 10.2. The Morgan fingerprint density at radius 1 is 0.968 bits per heavy atom. The fourth-order valence-electron chi connectivity index (χ4n) is 3.96. The van der Waals surface area contributed by atoms with Crippen LogP contribution in [0.5, 0.6) is 0 Å². The second kappa shape index (κ2) is 8.23. The zero-order valence-corrected chi connectivity index (χ0v) is 18.8. The average molecular weight is 438 g/mol. The smallest absolute Gasteiger partial charge is 0.339 e. The van der Waals surface area contributed by atoms with E-state index in [-0.39, 0.29) is 12.3 Å². The van der Waals surface area contributed by atoms with Gasteiger partial charge in [0.25, 0.3) is 0 Å². The molecule has 0 bridgehead atoms. The summed E-state index contributed by atoms with van der Waals surface area (Å²) in [4.78, 5) is 25.0. The SMILES string of the molecule is Cc1oc2c(C)c3oc(=O)c(CCC(=O)NCc4cccc(Cl)c4)c(C)c3cc2c1C. The summed E-state index contributed by atoms with van der Waals surface area (Å²) in [6, 6.07) is 9.36. The van der Waals surface area contributed by atoms with E-state index >= 15 is 0 Å². The van der Waals surface area contributed by atoms with E-state index in [1.54, 1.807) is 6.07 Å². The minimum Gasteiger partial charge on any atom is -0.461 e. The first-order valence-corrected chi connectivity index (χ1v) is 10.6. The quantitative estimate of drug-likeness (QED) is 0.408. The van der Waals surface area contributed by atoms with Gasteiger partial charge in [-0.25, -0.2) is 4.79 Å². The van der Waals surface area contributed by atoms with Gasteiger partial charge in [0.1, 0.15) is 16.9 Å². The molecule has 1 amide bonds. The molecule has 31 heavy (non-hydrogen) atoms. The minimum absolute atomic E-state index is 0.133. The van der Waals surface area contributed by atoms with Crippen molar-refractivity contribution in [2.24, 2.45) is 0 Å². The second-order valence-electron chi connectivity index (χ2n) is 7.94. The standard InChI is InChI=1S/C25H24ClNO4/c1-13-16(4)30-23-15(3)24-21(11-20(13)23)14(2)19(25(29)31-24)8-9-22(28)27-12-17-6-5-7-18(26)10-17/h5-7,10-11H,8-9,12H2,1-4H3,(H,27,28). The molecule has 5 nitrogen and oxygen atoms in total. The van der Waals surface area contributed by atoms with Crippen LogP contribution in [0, 0.1) is 27.7 Å². The van der Waals surface area contributed by atoms with Crippen LogP contribution in [0.1, 0.15) is 40.0 Å². The third-order valence-corrected chi connectivity index (χ3v) is 6.16. The molecule has 0 saturated carbocycles. The zero-order valence-electron chi connectivity index (χ0n) is 18.0. The van der Waals surface area contributed by atoms with Gasteiger partial charge in [0, 0.05) is 39.9 Å². The minimum atomic E-state index is -0.407. The molecular weight excluding hydrogens is 414 g/mol. The van der Waals surface area contributed by atoms with Crippen molar-refractivity contribution in [1.82, 2.24) is 5.32 Å². The second-order valence-corrected chi connectivity index (χ2v) is 8.37. The van der Waals surface area contributed by atoms with Crippen LogP contribution in [0.15, 0.2) is 44.0 Å². The van der Waals surface area contributed by atoms with E-state index in [0.29, 0.717) is 29.1 Å². The van der Waals surface area contributed by atoms with Gasteiger partial charge >= 0.3 is 5.63 Å². The van der Waals surface area contributed by atoms with E-state index in [2.05, 4.69) is 5.32 Å². The molecule has 0 saturated heterocycles. The molecule has 0 aliphatic carbocycles. The van der Waals surface area contributed by atoms with Crippen LogP contribution in [0.4, 0.5) is 0 Å². The number of carbonyl (C=O) groups is 1. The third kappa shape index (κ3) is 3.98. The van der Waals surface area contributed by atoms with E-state index in [0.717, 1.165) is 44.4 Å². The van der Waals surface area contributed by atoms with E-state index in [9.17, 15) is 9.59 Å². The molecule has 6 heteroatoms. The van der Waals surface area contributed by atoms with Gasteiger partial charge in [-0.2, -0.15) is 0 Å². The molecule has 0 aliphatic rings. The lowest BCUT2D eigenvalue weighted by Crippen LogP contribution is -2.24. The number of fused-ring (bicyclic) bond motifs is 2. The Morgan fingerprint density at radius 2 is 1.68 bits per heavy atom. The van der Waals surface area contributed by atoms with Crippen LogP contribution in [0.25, 0.3) is 21.9 Å². The Hall–Kier alpha value is -3.05. The zero-order chi connectivity index (χ0) is 22.3. The Labute approximate surface area is 185 Å². The molecular formula is C25H24ClNO4. The number of aryl methyl sites for hydroxylation is 4. The maximum Gasteiger partial charge on any atom is 0.339 e. The van der Waals surface area contributed by atoms with Gasteiger partial charge in [-0.05, 0) is 69.0 Å². The van der Waals surface area contributed by atoms with Crippen LogP contribution in [0.2, 0.25) is 5.02 Å². The summed E-state index contributed by atoms with van der Waals surface area (Å²) in [7, 11) is 0. The van der Waals surface area contributed by atoms with Crippen molar-refractivity contribution in [2.75, 3.05) is 0 Å². The Balaban J connectivity index is 1.59. The summed E-state index contributed by atoms with van der Waals surface area (Å²) in [5.74, 6) is 0.719. The summed E-state index contributed by atoms with van der Waals surface area (Å²) >= 11 is 5.98. The highest BCUT2D eigenvalue weighted by molar-refractivity contribution is 6.30. The number of halogens is 1. The van der Waals surface area contributed by atoms with Gasteiger partial charge < -0.3 is 14.2 Å². The Kier molecular flexibility index (Phi) is 5.63. The number of rotatable bonds is 5. The first kappa shape index (κ1) is 21.2. The number of benzene rings is 2. The lowest BCUT2D eigenvalue weighted by molar-refractivity contribution is -0.121. The molecule has 0 spiro atoms. The van der Waals surface area contributed by atoms with Crippen molar-refractivity contribution < 1.29 is 13.6 Å². The van der Waals surface area contributed by atoms with Crippen molar-refractivity contribution in [3.05, 3.63) is 79.4 Å². The van der Waals surface area contributed by atoms with Crippen molar-refractivity contribution in [2.45, 2.75) is 47.1 Å². The normalized spacial score (nSPS) is 11.4. The predicted octanol–water partition coefficient (Wildman–Crippen LogP) is 5.68. The molecule has 4 aromatic rings. The van der Waals surface area contributed by atoms with Crippen molar-refractivity contribution >= 4 is 39.4 Å². The largest absolute Gasteiger partial charge is 0.461 e. The van der Waals surface area contributed by atoms with Crippen molar-refractivity contribution in [1.29, 1.82) is 0 Å². The number of carbonyl (C=O) groups excluding carboxylic acids is 1. The summed E-state index contributed by atoms with van der Waals surface area (Å²) in [5.41, 5.74) is 5.07. The summed E-state index contributed by atoms with van der Waals surface area (Å²) < 4.78 is 11.5. The number of amides is 1. The van der Waals surface area contributed by atoms with Crippen LogP contribution >= 0.6 is 11.6 Å². The lowest BCUT2D eigenvalue weighted by atomic mass is 9.98. The molecule has 0 atom stereocenters. The topological polar surface area (TPSA) is 72.5 Å². The highest BCUT2D eigenvalue weighted by Gasteiger charge is 2.19. The molecule has 2 aromatic heterocycles. The number of nitrogens with one attached hydrogen (secondary N) is 1. The van der Waals surface area contributed by atoms with Crippen molar-refractivity contribution in [3.8, 4) is 0 Å². The van der Waals surface area contributed by atoms with Gasteiger partial charge in [-0.15, -0.1) is 0 Å². The van der Waals surface area contributed by atoms with Gasteiger partial charge in [-0.3, -0.25) is 4.79 Å². The summed E-state index contributed by atoms with van der Waals surface area (Å²) in [5, 5.41) is 5.40. The maximum absolute atomic E-state index is 12.7. The Morgan fingerprint density at radius 3 is 2.42 bits per heavy atom. The highest BCUT2D eigenvalue weighted by atomic mass is 35.5. The first-order chi connectivity index (χ1) is 14.8. The van der Waals surface area contributed by atoms with Gasteiger partial charge in [0.15, 0.2) is 0 Å². The molecule has 1 N–H and O–H groups in total. The van der Waals surface area contributed by atoms with Crippen LogP contribution in [-0.2, 0) is 17.8 Å². The monoisotopic (exact) mass is 437 g/mol. The molecule has 0 fully saturated rings. The number of furan rings is 1. The molecule has 2 heterocycles. The number of hydrogen-bond acceptors (Lipinski definition) is 4. The van der Waals surface area contributed by atoms with E-state index < -0.39 is 5.63 Å². The van der Waals surface area contributed by atoms with E-state index in [4.69, 9.17) is 20.4 Å².